The van der Waals surface area contributed by atoms with Crippen LogP contribution in [0.3, 0.4) is 0 Å². The normalized spacial score (nSPS) is 11.0. The van der Waals surface area contributed by atoms with Crippen molar-refractivity contribution in [2.45, 2.75) is 27.2 Å². The van der Waals surface area contributed by atoms with Crippen LogP contribution in [0.2, 0.25) is 0 Å². The summed E-state index contributed by atoms with van der Waals surface area (Å²) < 4.78 is 6.49. The number of fused-ring (bicyclic) bond motifs is 1. The van der Waals surface area contributed by atoms with Gasteiger partial charge in [-0.3, -0.25) is 10.1 Å². The van der Waals surface area contributed by atoms with Crippen LogP contribution in [-0.2, 0) is 11.2 Å². The van der Waals surface area contributed by atoms with Crippen LogP contribution in [0.5, 0.6) is 0 Å². The molecule has 0 spiro atoms. The largest absolute Gasteiger partial charge is 0.462 e. The van der Waals surface area contributed by atoms with E-state index in [0.29, 0.717) is 16.6 Å². The van der Waals surface area contributed by atoms with Gasteiger partial charge < -0.3 is 10.5 Å². The van der Waals surface area contributed by atoms with E-state index in [1.54, 1.807) is 26.8 Å². The van der Waals surface area contributed by atoms with Gasteiger partial charge in [0.25, 0.3) is 5.70 Å². The van der Waals surface area contributed by atoms with Crippen LogP contribution in [0.4, 0.5) is 5.82 Å². The maximum atomic E-state index is 12.1. The van der Waals surface area contributed by atoms with Gasteiger partial charge in [0, 0.05) is 17.8 Å². The van der Waals surface area contributed by atoms with Crippen molar-refractivity contribution in [3.63, 3.8) is 0 Å². The first-order valence-electron chi connectivity index (χ1n) is 8.03. The Morgan fingerprint density at radius 2 is 2.22 bits per heavy atom. The molecule has 0 atom stereocenters. The number of esters is 1. The van der Waals surface area contributed by atoms with E-state index in [9.17, 15) is 14.9 Å². The standard InChI is InChI=1S/C15H17N5O4.C3H4/c1-3-10(20(22)23)6-5-7-11-12(15(21)24-4-2)8-19-13(11)14(16)17-9-18-19;1-3-2/h3,5-6,8-9H,4,7H2,1-2H3,(H2,16,17,18);1H,2H3/b6-5-,10-3+;. The van der Waals surface area contributed by atoms with Gasteiger partial charge in [0.2, 0.25) is 0 Å². The second kappa shape index (κ2) is 10.4. The number of nitrogens with zero attached hydrogens (tertiary/aromatic N) is 4. The third-order valence-electron chi connectivity index (χ3n) is 3.32. The second-order valence-electron chi connectivity index (χ2n) is 5.05. The first kappa shape index (κ1) is 21.4. The summed E-state index contributed by atoms with van der Waals surface area (Å²) in [6.07, 6.45) is 12.0. The smallest absolute Gasteiger partial charge is 0.340 e. The molecule has 0 aliphatic rings. The Kier molecular flexibility index (Phi) is 8.19. The highest BCUT2D eigenvalue weighted by Gasteiger charge is 2.20. The van der Waals surface area contributed by atoms with Crippen molar-refractivity contribution in [1.29, 1.82) is 0 Å². The molecule has 0 unspecified atom stereocenters. The lowest BCUT2D eigenvalue weighted by atomic mass is 10.1. The number of ether oxygens (including phenoxy) is 1. The zero-order valence-corrected chi connectivity index (χ0v) is 15.4. The minimum absolute atomic E-state index is 0.0413. The average molecular weight is 371 g/mol. The zero-order chi connectivity index (χ0) is 20.4. The van der Waals surface area contributed by atoms with E-state index in [4.69, 9.17) is 10.5 Å². The van der Waals surface area contributed by atoms with Crippen LogP contribution >= 0.6 is 0 Å². The molecule has 0 radical (unpaired) electrons. The Morgan fingerprint density at radius 3 is 2.78 bits per heavy atom. The van der Waals surface area contributed by atoms with Crippen molar-refractivity contribution >= 4 is 17.3 Å². The summed E-state index contributed by atoms with van der Waals surface area (Å²) in [5.74, 6) is 1.95. The number of carbonyl (C=O) groups is 1. The van der Waals surface area contributed by atoms with E-state index in [0.717, 1.165) is 0 Å². The number of carbonyl (C=O) groups excluding carboxylic acids is 1. The predicted octanol–water partition coefficient (Wildman–Crippen LogP) is 2.41. The van der Waals surface area contributed by atoms with E-state index < -0.39 is 10.9 Å². The number of nitrogen functional groups attached to an aromatic ring is 1. The number of rotatable bonds is 6. The lowest BCUT2D eigenvalue weighted by Gasteiger charge is -2.03. The molecule has 0 aromatic carbocycles. The van der Waals surface area contributed by atoms with Crippen LogP contribution in [0, 0.1) is 22.5 Å². The van der Waals surface area contributed by atoms with Gasteiger partial charge in [0.1, 0.15) is 11.8 Å². The third-order valence-corrected chi connectivity index (χ3v) is 3.32. The molecule has 9 heteroatoms. The van der Waals surface area contributed by atoms with E-state index in [1.807, 2.05) is 0 Å². The van der Waals surface area contributed by atoms with Gasteiger partial charge in [-0.15, -0.1) is 12.3 Å². The van der Waals surface area contributed by atoms with Gasteiger partial charge in [0.15, 0.2) is 5.82 Å². The number of hydrogen-bond acceptors (Lipinski definition) is 7. The van der Waals surface area contributed by atoms with E-state index in [-0.39, 0.29) is 24.5 Å². The number of anilines is 1. The van der Waals surface area contributed by atoms with Gasteiger partial charge >= 0.3 is 5.97 Å². The molecule has 2 heterocycles. The van der Waals surface area contributed by atoms with Gasteiger partial charge in [-0.1, -0.05) is 6.08 Å². The summed E-state index contributed by atoms with van der Waals surface area (Å²) in [6, 6.07) is 0. The monoisotopic (exact) mass is 371 g/mol. The minimum atomic E-state index is -0.508. The predicted molar refractivity (Wildman–Crippen MR) is 101 cm³/mol. The zero-order valence-electron chi connectivity index (χ0n) is 15.4. The van der Waals surface area contributed by atoms with Crippen LogP contribution < -0.4 is 5.73 Å². The van der Waals surface area contributed by atoms with Crippen LogP contribution in [0.15, 0.2) is 36.4 Å². The summed E-state index contributed by atoms with van der Waals surface area (Å²) in [5.41, 5.74) is 7.18. The SMILES string of the molecule is C#CC.C/C=C(\C=C/Cc1c(C(=O)OCC)cn2ncnc(N)c12)[N+](=O)[O-]. The highest BCUT2D eigenvalue weighted by molar-refractivity contribution is 5.95. The maximum absolute atomic E-state index is 12.1. The molecule has 0 amide bonds. The lowest BCUT2D eigenvalue weighted by Crippen LogP contribution is -2.06. The molecular formula is C18H21N5O4. The molecule has 9 nitrogen and oxygen atoms in total. The Balaban J connectivity index is 0.00000114. The van der Waals surface area contributed by atoms with Crippen LogP contribution in [0.25, 0.3) is 5.52 Å². The van der Waals surface area contributed by atoms with Crippen molar-refractivity contribution in [2.75, 3.05) is 12.3 Å². The summed E-state index contributed by atoms with van der Waals surface area (Å²) >= 11 is 0. The number of aromatic nitrogens is 3. The van der Waals surface area contributed by atoms with Crippen LogP contribution in [-0.4, -0.2) is 32.1 Å². The van der Waals surface area contributed by atoms with Crippen molar-refractivity contribution in [1.82, 2.24) is 14.6 Å². The lowest BCUT2D eigenvalue weighted by molar-refractivity contribution is -0.419. The molecule has 27 heavy (non-hydrogen) atoms. The molecule has 2 aromatic heterocycles. The molecular weight excluding hydrogens is 350 g/mol. The average Bonchev–Trinajstić information content (AvgIpc) is 2.99. The Morgan fingerprint density at radius 1 is 1.56 bits per heavy atom. The molecule has 2 rings (SSSR count). The first-order valence-corrected chi connectivity index (χ1v) is 8.03. The molecule has 0 aliphatic carbocycles. The number of terminal acetylenes is 1. The fraction of sp³-hybridized carbons (Fsp3) is 0.278. The number of nitrogens with two attached hydrogens (primary N) is 1. The van der Waals surface area contributed by atoms with E-state index >= 15 is 0 Å². The Hall–Kier alpha value is -3.67. The fourth-order valence-electron chi connectivity index (χ4n) is 2.25. The first-order chi connectivity index (χ1) is 12.9. The Bertz CT molecular complexity index is 922. The Labute approximate surface area is 156 Å². The quantitative estimate of drug-likeness (QED) is 0.272. The topological polar surface area (TPSA) is 126 Å². The summed E-state index contributed by atoms with van der Waals surface area (Å²) in [5, 5.41) is 14.8. The summed E-state index contributed by atoms with van der Waals surface area (Å²) in [6.45, 7) is 5.16. The second-order valence-corrected chi connectivity index (χ2v) is 5.05. The van der Waals surface area contributed by atoms with Gasteiger partial charge in [-0.2, -0.15) is 5.10 Å². The van der Waals surface area contributed by atoms with Gasteiger partial charge in [0.05, 0.1) is 17.1 Å². The maximum Gasteiger partial charge on any atom is 0.340 e. The fourth-order valence-corrected chi connectivity index (χ4v) is 2.25. The molecule has 142 valence electrons. The highest BCUT2D eigenvalue weighted by atomic mass is 16.6. The molecule has 0 saturated heterocycles. The molecule has 0 saturated carbocycles. The third kappa shape index (κ3) is 5.40. The van der Waals surface area contributed by atoms with Crippen molar-refractivity contribution in [2.24, 2.45) is 0 Å². The van der Waals surface area contributed by atoms with Crippen molar-refractivity contribution in [3.8, 4) is 12.3 Å². The number of nitro groups is 1. The van der Waals surface area contributed by atoms with Gasteiger partial charge in [-0.25, -0.2) is 14.3 Å². The van der Waals surface area contributed by atoms with E-state index in [1.165, 1.54) is 29.2 Å². The molecule has 2 aromatic rings. The van der Waals surface area contributed by atoms with E-state index in [2.05, 4.69) is 22.4 Å². The number of hydrogen-bond donors (Lipinski definition) is 1. The number of allylic oxidation sites excluding steroid dienone is 3. The summed E-state index contributed by atoms with van der Waals surface area (Å²) in [4.78, 5) is 26.4. The molecule has 0 bridgehead atoms. The molecule has 0 aliphatic heterocycles. The summed E-state index contributed by atoms with van der Waals surface area (Å²) in [7, 11) is 0. The molecule has 2 N–H and O–H groups in total. The van der Waals surface area contributed by atoms with Gasteiger partial charge in [-0.05, 0) is 33.3 Å². The minimum Gasteiger partial charge on any atom is -0.462 e. The van der Waals surface area contributed by atoms with Crippen molar-refractivity contribution in [3.05, 3.63) is 57.7 Å². The van der Waals surface area contributed by atoms with Crippen molar-refractivity contribution < 1.29 is 14.5 Å². The van der Waals surface area contributed by atoms with Crippen LogP contribution in [0.1, 0.15) is 36.7 Å². The highest BCUT2D eigenvalue weighted by Crippen LogP contribution is 2.23. The molecule has 0 fully saturated rings.